The molecule has 13 heteroatoms. The molecule has 1 atom stereocenters. The van der Waals surface area contributed by atoms with Crippen molar-refractivity contribution in [3.05, 3.63) is 12.4 Å². The molecule has 2 aliphatic rings. The van der Waals surface area contributed by atoms with Crippen LogP contribution in [0.1, 0.15) is 81.1 Å². The van der Waals surface area contributed by atoms with Gasteiger partial charge in [0.1, 0.15) is 11.6 Å². The van der Waals surface area contributed by atoms with Crippen molar-refractivity contribution in [2.45, 2.75) is 109 Å². The van der Waals surface area contributed by atoms with Crippen LogP contribution in [0.25, 0.3) is 0 Å². The second-order valence-electron chi connectivity index (χ2n) is 12.5. The molecular weight excluding hydrogens is 523 g/mol. The quantitative estimate of drug-likeness (QED) is 0.372. The number of carbonyl (C=O) groups excluding carboxylic acids is 2. The van der Waals surface area contributed by atoms with Crippen LogP contribution < -0.4 is 10.8 Å². The fraction of sp³-hybridized carbons (Fsp3) is 0.769. The van der Waals surface area contributed by atoms with E-state index < -0.39 is 45.9 Å². The third kappa shape index (κ3) is 8.14. The topological polar surface area (TPSA) is 137 Å². The highest BCUT2D eigenvalue weighted by molar-refractivity contribution is 7.91. The molecule has 2 aliphatic heterocycles. The molecule has 1 aromatic rings. The Hall–Kier alpha value is -2.25. The zero-order valence-electron chi connectivity index (χ0n) is 24.4. The minimum absolute atomic E-state index is 0.0428. The van der Waals surface area contributed by atoms with E-state index in [2.05, 4.69) is 15.3 Å². The van der Waals surface area contributed by atoms with Crippen LogP contribution in [-0.2, 0) is 28.7 Å². The summed E-state index contributed by atoms with van der Waals surface area (Å²) in [7, 11) is -4.28. The van der Waals surface area contributed by atoms with Gasteiger partial charge in [0.25, 0.3) is 0 Å². The zero-order valence-corrected chi connectivity index (χ0v) is 25.3. The Kier molecular flexibility index (Phi) is 9.39. The van der Waals surface area contributed by atoms with Crippen LogP contribution in [0.3, 0.4) is 0 Å². The molecule has 0 radical (unpaired) electrons. The number of amides is 2. The summed E-state index contributed by atoms with van der Waals surface area (Å²) >= 11 is 0. The third-order valence-corrected chi connectivity index (χ3v) is 9.10. The van der Waals surface area contributed by atoms with Crippen molar-refractivity contribution in [1.82, 2.24) is 20.2 Å². The first kappa shape index (κ1) is 31.3. The molecule has 3 rings (SSSR count). The molecule has 218 valence electrons. The van der Waals surface area contributed by atoms with Crippen molar-refractivity contribution in [2.24, 2.45) is 5.92 Å². The Morgan fingerprint density at radius 1 is 1.13 bits per heavy atom. The molecule has 1 aromatic heterocycles. The van der Waals surface area contributed by atoms with Crippen molar-refractivity contribution in [3.63, 3.8) is 0 Å². The number of aromatic nitrogens is 2. The third-order valence-electron chi connectivity index (χ3n) is 7.51. The van der Waals surface area contributed by atoms with Gasteiger partial charge in [-0.3, -0.25) is 4.79 Å². The molecule has 39 heavy (non-hydrogen) atoms. The molecule has 2 fully saturated rings. The minimum atomic E-state index is -3.63. The highest BCUT2D eigenvalue weighted by Crippen LogP contribution is 2.36. The highest BCUT2D eigenvalue weighted by atomic mass is 32.2. The molecule has 0 spiro atoms. The van der Waals surface area contributed by atoms with E-state index >= 15 is 0 Å². The molecule has 2 saturated heterocycles. The van der Waals surface area contributed by atoms with Crippen molar-refractivity contribution in [1.29, 1.82) is 0 Å². The van der Waals surface area contributed by atoms with Gasteiger partial charge in [-0.25, -0.2) is 23.2 Å². The summed E-state index contributed by atoms with van der Waals surface area (Å²) in [5, 5.41) is 2.39. The number of likely N-dealkylation sites (tertiary alicyclic amines) is 1. The molecule has 0 saturated carbocycles. The van der Waals surface area contributed by atoms with Gasteiger partial charge in [-0.15, -0.1) is 0 Å². The second-order valence-corrected chi connectivity index (χ2v) is 14.5. The fourth-order valence-corrected chi connectivity index (χ4v) is 5.66. The summed E-state index contributed by atoms with van der Waals surface area (Å²) in [5.74, 6) is 0.131. The molecule has 3 heterocycles. The largest absolute Gasteiger partial charge is 0.498 e. The lowest BCUT2D eigenvalue weighted by Crippen LogP contribution is -2.50. The zero-order chi connectivity index (χ0) is 29.2. The van der Waals surface area contributed by atoms with Gasteiger partial charge < -0.3 is 24.3 Å². The normalized spacial score (nSPS) is 20.5. The molecule has 1 N–H and O–H groups in total. The first-order valence-corrected chi connectivity index (χ1v) is 15.2. The van der Waals surface area contributed by atoms with Gasteiger partial charge >= 0.3 is 13.2 Å². The molecule has 2 amide bonds. The van der Waals surface area contributed by atoms with E-state index in [1.54, 1.807) is 32.6 Å². The summed E-state index contributed by atoms with van der Waals surface area (Å²) in [6.45, 7) is 15.9. The number of sulfone groups is 1. The fourth-order valence-electron chi connectivity index (χ4n) is 4.50. The molecule has 1 unspecified atom stereocenters. The van der Waals surface area contributed by atoms with Crippen molar-refractivity contribution >= 4 is 34.4 Å². The molecule has 0 aromatic carbocycles. The predicted octanol–water partition coefficient (Wildman–Crippen LogP) is 2.48. The number of hydrogen-bond donors (Lipinski definition) is 1. The maximum absolute atomic E-state index is 12.8. The minimum Gasteiger partial charge on any atom is -0.444 e. The van der Waals surface area contributed by atoms with Crippen molar-refractivity contribution < 1.29 is 32.1 Å². The van der Waals surface area contributed by atoms with Gasteiger partial charge in [0.15, 0.2) is 0 Å². The first-order chi connectivity index (χ1) is 17.9. The first-order valence-electron chi connectivity index (χ1n) is 13.6. The van der Waals surface area contributed by atoms with Crippen molar-refractivity contribution in [3.8, 4) is 0 Å². The number of rotatable bonds is 8. The Morgan fingerprint density at radius 2 is 1.67 bits per heavy atom. The van der Waals surface area contributed by atoms with E-state index in [0.717, 1.165) is 19.3 Å². The van der Waals surface area contributed by atoms with Crippen molar-refractivity contribution in [2.75, 3.05) is 18.8 Å². The van der Waals surface area contributed by atoms with Crippen LogP contribution >= 0.6 is 0 Å². The Morgan fingerprint density at radius 3 is 2.18 bits per heavy atom. The van der Waals surface area contributed by atoms with Gasteiger partial charge in [0, 0.05) is 30.9 Å². The van der Waals surface area contributed by atoms with Gasteiger partial charge in [0.05, 0.1) is 17.0 Å². The number of carbonyl (C=O) groups is 2. The smallest absolute Gasteiger partial charge is 0.444 e. The molecular formula is C26H43BN4O7S. The Balaban J connectivity index is 1.43. The number of ether oxygens (including phenoxy) is 1. The SMILES string of the molecule is CC(NC(=O)OC(C)(C)C)C(=O)N1CCC(CCCS(=O)(=O)c2ncc(B3OC(C)(C)C(C)(C)O3)cn2)CC1. The molecule has 0 aliphatic carbocycles. The molecule has 11 nitrogen and oxygen atoms in total. The van der Waals surface area contributed by atoms with E-state index in [0.29, 0.717) is 30.9 Å². The summed E-state index contributed by atoms with van der Waals surface area (Å²) in [6.07, 6.45) is 5.07. The number of nitrogens with one attached hydrogen (secondary N) is 1. The van der Waals surface area contributed by atoms with Crippen LogP contribution in [0.15, 0.2) is 17.6 Å². The molecule has 0 bridgehead atoms. The summed E-state index contributed by atoms with van der Waals surface area (Å²) in [4.78, 5) is 34.6. The Labute approximate surface area is 232 Å². The lowest BCUT2D eigenvalue weighted by molar-refractivity contribution is -0.134. The maximum atomic E-state index is 12.8. The van der Waals surface area contributed by atoms with E-state index in [9.17, 15) is 18.0 Å². The maximum Gasteiger partial charge on any atom is 0.498 e. The van der Waals surface area contributed by atoms with E-state index in [4.69, 9.17) is 14.0 Å². The summed E-state index contributed by atoms with van der Waals surface area (Å²) < 4.78 is 42.8. The van der Waals surface area contributed by atoms with Crippen LogP contribution in [-0.4, -0.2) is 84.1 Å². The lowest BCUT2D eigenvalue weighted by Gasteiger charge is -2.34. The van der Waals surface area contributed by atoms with Gasteiger partial charge in [-0.2, -0.15) is 0 Å². The second kappa shape index (κ2) is 11.7. The van der Waals surface area contributed by atoms with E-state index in [1.807, 2.05) is 27.7 Å². The van der Waals surface area contributed by atoms with Crippen LogP contribution in [0, 0.1) is 5.92 Å². The average molecular weight is 567 g/mol. The van der Waals surface area contributed by atoms with E-state index in [1.165, 1.54) is 12.4 Å². The van der Waals surface area contributed by atoms with Crippen LogP contribution in [0.2, 0.25) is 0 Å². The lowest BCUT2D eigenvalue weighted by atomic mass is 9.81. The Bertz CT molecular complexity index is 1110. The van der Waals surface area contributed by atoms with E-state index in [-0.39, 0.29) is 16.8 Å². The number of nitrogens with zero attached hydrogens (tertiary/aromatic N) is 3. The number of alkyl carbamates (subject to hydrolysis) is 1. The predicted molar refractivity (Wildman–Crippen MR) is 147 cm³/mol. The van der Waals surface area contributed by atoms with Crippen LogP contribution in [0.4, 0.5) is 4.79 Å². The van der Waals surface area contributed by atoms with Gasteiger partial charge in [0.2, 0.25) is 20.9 Å². The summed E-state index contributed by atoms with van der Waals surface area (Å²) in [6, 6.07) is -0.683. The number of hydrogen-bond acceptors (Lipinski definition) is 9. The average Bonchev–Trinajstić information content (AvgIpc) is 3.04. The standard InChI is InChI=1S/C26H43BN4O7S/c1-18(30-23(33)36-24(2,3)4)21(32)31-13-11-19(12-14-31)10-9-15-39(34,35)22-28-16-20(17-29-22)27-37-25(5,6)26(7,8)38-27/h16-19H,9-15H2,1-8H3,(H,30,33). The summed E-state index contributed by atoms with van der Waals surface area (Å²) in [5.41, 5.74) is -1.09. The van der Waals surface area contributed by atoms with Gasteiger partial charge in [-0.1, -0.05) is 0 Å². The number of piperidine rings is 1. The highest BCUT2D eigenvalue weighted by Gasteiger charge is 2.52. The monoisotopic (exact) mass is 566 g/mol. The van der Waals surface area contributed by atoms with Crippen LogP contribution in [0.5, 0.6) is 0 Å². The van der Waals surface area contributed by atoms with Gasteiger partial charge in [-0.05, 0) is 87.0 Å².